The van der Waals surface area contributed by atoms with Crippen molar-refractivity contribution in [3.05, 3.63) is 25.1 Å². The zero-order chi connectivity index (χ0) is 31.2. The van der Waals surface area contributed by atoms with Crippen LogP contribution in [-0.4, -0.2) is 24.0 Å². The van der Waals surface area contributed by atoms with Gasteiger partial charge in [-0.2, -0.15) is 0 Å². The van der Waals surface area contributed by atoms with Gasteiger partial charge >= 0.3 is 0 Å². The molecule has 5 rings (SSSR count). The van der Waals surface area contributed by atoms with Crippen LogP contribution in [-0.2, 0) is 0 Å². The minimum absolute atomic E-state index is 0.579. The van der Waals surface area contributed by atoms with Gasteiger partial charge < -0.3 is 10.2 Å². The van der Waals surface area contributed by atoms with E-state index in [2.05, 4.69) is 57.6 Å². The number of nitrogens with zero attached hydrogens (tertiary/aromatic N) is 1. The fraction of sp³-hybridized carbons (Fsp3) is 0.905. The van der Waals surface area contributed by atoms with Crippen LogP contribution in [0.2, 0.25) is 0 Å². The quantitative estimate of drug-likeness (QED) is 0.224. The molecule has 44 heavy (non-hydrogen) atoms. The van der Waals surface area contributed by atoms with Crippen molar-refractivity contribution in [3.8, 4) is 0 Å². The minimum Gasteiger partial charge on any atom is -0.388 e. The molecule has 1 N–H and O–H groups in total. The molecule has 1 heterocycles. The van der Waals surface area contributed by atoms with Gasteiger partial charge in [-0.25, -0.2) is 0 Å². The number of likely N-dealkylation sites (tertiary alicyclic amines) is 1. The van der Waals surface area contributed by atoms with E-state index in [1.165, 1.54) is 134 Å². The van der Waals surface area contributed by atoms with Gasteiger partial charge in [-0.15, -0.1) is 0 Å². The average Bonchev–Trinajstić information content (AvgIpc) is 2.99. The van der Waals surface area contributed by atoms with Crippen molar-refractivity contribution in [2.45, 2.75) is 156 Å². The first-order valence-electron chi connectivity index (χ1n) is 20.1. The molecule has 2 nitrogen and oxygen atoms in total. The van der Waals surface area contributed by atoms with Gasteiger partial charge in [0.2, 0.25) is 0 Å². The molecular formula is C42H74N2. The molecular weight excluding hydrogens is 532 g/mol. The molecule has 0 aromatic heterocycles. The van der Waals surface area contributed by atoms with Gasteiger partial charge in [0, 0.05) is 24.8 Å². The van der Waals surface area contributed by atoms with Crippen molar-refractivity contribution in [1.29, 1.82) is 0 Å². The molecule has 5 fully saturated rings. The third kappa shape index (κ3) is 8.13. The van der Waals surface area contributed by atoms with E-state index in [1.54, 1.807) is 0 Å². The van der Waals surface area contributed by atoms with Crippen LogP contribution in [0, 0.1) is 71.0 Å². The lowest BCUT2D eigenvalue weighted by atomic mass is 9.58. The van der Waals surface area contributed by atoms with Crippen molar-refractivity contribution in [3.63, 3.8) is 0 Å². The standard InChI is InChI=1S/C42H74N2/c1-8-35-25-39(26-37-21-14-17-30(4)40(37)27-36-20-13-16-29(3)31(36)5)42(43-9-2)41(32(35)6)28-38(33(7)44-22-15-23-44)24-34-18-11-10-12-19-34/h9,29-32,34-43H,2,7-8,10-28H2,1,3-6H3/t29-,30+,31?,32+,35+,36?,37+,38?,39+,40?,41+,42?/m1/s1. The van der Waals surface area contributed by atoms with E-state index in [9.17, 15) is 0 Å². The summed E-state index contributed by atoms with van der Waals surface area (Å²) in [6, 6.07) is 0.579. The summed E-state index contributed by atoms with van der Waals surface area (Å²) >= 11 is 0. The number of allylic oxidation sites excluding steroid dienone is 1. The molecule has 2 heteroatoms. The van der Waals surface area contributed by atoms with E-state index in [-0.39, 0.29) is 0 Å². The molecule has 0 aromatic carbocycles. The first-order valence-corrected chi connectivity index (χ1v) is 20.1. The molecule has 252 valence electrons. The number of rotatable bonds is 13. The maximum Gasteiger partial charge on any atom is 0.0315 e. The second-order valence-corrected chi connectivity index (χ2v) is 17.4. The number of nitrogens with one attached hydrogen (secondary N) is 1. The third-order valence-electron chi connectivity index (χ3n) is 15.1. The Balaban J connectivity index is 1.35. The Morgan fingerprint density at radius 1 is 0.727 bits per heavy atom. The summed E-state index contributed by atoms with van der Waals surface area (Å²) < 4.78 is 0. The van der Waals surface area contributed by atoms with E-state index in [1.807, 2.05) is 0 Å². The Bertz CT molecular complexity index is 884. The lowest BCUT2D eigenvalue weighted by Crippen LogP contribution is -2.51. The maximum atomic E-state index is 4.83. The Kier molecular flexibility index (Phi) is 12.7. The zero-order valence-corrected chi connectivity index (χ0v) is 30.1. The summed E-state index contributed by atoms with van der Waals surface area (Å²) in [6.45, 7) is 24.5. The first kappa shape index (κ1) is 34.4. The Labute approximate surface area is 275 Å². The summed E-state index contributed by atoms with van der Waals surface area (Å²) in [7, 11) is 0. The van der Waals surface area contributed by atoms with Gasteiger partial charge in [-0.1, -0.05) is 125 Å². The second-order valence-electron chi connectivity index (χ2n) is 17.4. The normalized spacial score (nSPS) is 41.0. The van der Waals surface area contributed by atoms with Crippen molar-refractivity contribution < 1.29 is 0 Å². The molecule has 4 saturated carbocycles. The first-order chi connectivity index (χ1) is 21.3. The fourth-order valence-electron chi connectivity index (χ4n) is 11.8. The molecule has 5 aliphatic rings. The summed E-state index contributed by atoms with van der Waals surface area (Å²) in [6.07, 6.45) is 28.0. The monoisotopic (exact) mass is 607 g/mol. The van der Waals surface area contributed by atoms with E-state index >= 15 is 0 Å². The highest BCUT2D eigenvalue weighted by Gasteiger charge is 2.45. The van der Waals surface area contributed by atoms with Gasteiger partial charge in [-0.05, 0) is 116 Å². The molecule has 12 atom stereocenters. The molecule has 0 aromatic rings. The SMILES string of the molecule is C=CNC1[C@H](C[C@@H]2CCC[C@H](C)C2CC2CCC[C@@H](C)C2C)C[C@H](CC)[C@H](C)[C@@H]1CC(CC1CCCCC1)C(=C)N1CCC1. The van der Waals surface area contributed by atoms with Crippen LogP contribution in [0.3, 0.4) is 0 Å². The summed E-state index contributed by atoms with van der Waals surface area (Å²) in [4.78, 5) is 2.65. The van der Waals surface area contributed by atoms with Crippen LogP contribution in [0.4, 0.5) is 0 Å². The summed E-state index contributed by atoms with van der Waals surface area (Å²) in [5.74, 6) is 10.3. The van der Waals surface area contributed by atoms with Gasteiger partial charge in [0.15, 0.2) is 0 Å². The molecule has 4 aliphatic carbocycles. The highest BCUT2D eigenvalue weighted by atomic mass is 15.2. The largest absolute Gasteiger partial charge is 0.388 e. The van der Waals surface area contributed by atoms with Crippen molar-refractivity contribution >= 4 is 0 Å². The lowest BCUT2D eigenvalue weighted by Gasteiger charge is -2.51. The molecule has 0 amide bonds. The van der Waals surface area contributed by atoms with Crippen LogP contribution in [0.1, 0.15) is 150 Å². The third-order valence-corrected chi connectivity index (χ3v) is 15.1. The highest BCUT2D eigenvalue weighted by Crippen LogP contribution is 2.51. The summed E-state index contributed by atoms with van der Waals surface area (Å²) in [5, 5.41) is 4.00. The van der Waals surface area contributed by atoms with Crippen LogP contribution in [0.5, 0.6) is 0 Å². The Hall–Kier alpha value is -0.920. The zero-order valence-electron chi connectivity index (χ0n) is 30.1. The van der Waals surface area contributed by atoms with Gasteiger partial charge in [0.25, 0.3) is 0 Å². The second kappa shape index (κ2) is 16.3. The topological polar surface area (TPSA) is 15.3 Å². The van der Waals surface area contributed by atoms with Gasteiger partial charge in [0.1, 0.15) is 0 Å². The van der Waals surface area contributed by atoms with E-state index < -0.39 is 0 Å². The molecule has 5 unspecified atom stereocenters. The predicted molar refractivity (Wildman–Crippen MR) is 191 cm³/mol. The molecule has 1 aliphatic heterocycles. The Morgan fingerprint density at radius 2 is 1.43 bits per heavy atom. The summed E-state index contributed by atoms with van der Waals surface area (Å²) in [5.41, 5.74) is 1.50. The highest BCUT2D eigenvalue weighted by molar-refractivity contribution is 5.07. The van der Waals surface area contributed by atoms with Crippen molar-refractivity contribution in [1.82, 2.24) is 10.2 Å². The van der Waals surface area contributed by atoms with Crippen molar-refractivity contribution in [2.24, 2.45) is 71.0 Å². The number of hydrogen-bond acceptors (Lipinski definition) is 2. The van der Waals surface area contributed by atoms with E-state index in [4.69, 9.17) is 6.58 Å². The van der Waals surface area contributed by atoms with E-state index in [0.29, 0.717) is 12.0 Å². The lowest BCUT2D eigenvalue weighted by molar-refractivity contribution is 0.0200. The van der Waals surface area contributed by atoms with E-state index in [0.717, 1.165) is 65.1 Å². The molecule has 1 saturated heterocycles. The Morgan fingerprint density at radius 3 is 2.09 bits per heavy atom. The number of hydrogen-bond donors (Lipinski definition) is 1. The van der Waals surface area contributed by atoms with Gasteiger partial charge in [0.05, 0.1) is 0 Å². The average molecular weight is 607 g/mol. The van der Waals surface area contributed by atoms with Crippen molar-refractivity contribution in [2.75, 3.05) is 13.1 Å². The van der Waals surface area contributed by atoms with Crippen LogP contribution in [0.25, 0.3) is 0 Å². The molecule has 0 bridgehead atoms. The fourth-order valence-corrected chi connectivity index (χ4v) is 11.8. The van der Waals surface area contributed by atoms with Crippen LogP contribution < -0.4 is 5.32 Å². The predicted octanol–water partition coefficient (Wildman–Crippen LogP) is 11.5. The van der Waals surface area contributed by atoms with Crippen LogP contribution >= 0.6 is 0 Å². The van der Waals surface area contributed by atoms with Gasteiger partial charge in [-0.3, -0.25) is 0 Å². The molecule has 0 spiro atoms. The minimum atomic E-state index is 0.579. The smallest absolute Gasteiger partial charge is 0.0315 e. The maximum absolute atomic E-state index is 4.83. The molecule has 0 radical (unpaired) electrons. The van der Waals surface area contributed by atoms with Crippen LogP contribution in [0.15, 0.2) is 25.1 Å².